The molecular formula is C20H25N3O3. The SMILES string of the molecule is CCC1CN(C2CCN(C(=O)c3cn(C)c4ccccc34)CC2)C(=O)O1. The van der Waals surface area contributed by atoms with Crippen LogP contribution in [-0.2, 0) is 11.8 Å². The molecule has 4 rings (SSSR count). The van der Waals surface area contributed by atoms with Gasteiger partial charge in [-0.25, -0.2) is 4.79 Å². The Kier molecular flexibility index (Phi) is 4.34. The van der Waals surface area contributed by atoms with Gasteiger partial charge in [-0.05, 0) is 25.3 Å². The van der Waals surface area contributed by atoms with Gasteiger partial charge in [-0.1, -0.05) is 25.1 Å². The highest BCUT2D eigenvalue weighted by molar-refractivity contribution is 6.07. The number of hydrogen-bond acceptors (Lipinski definition) is 3. The van der Waals surface area contributed by atoms with Crippen LogP contribution < -0.4 is 0 Å². The smallest absolute Gasteiger partial charge is 0.410 e. The fraction of sp³-hybridized carbons (Fsp3) is 0.500. The number of nitrogens with zero attached hydrogens (tertiary/aromatic N) is 3. The molecule has 0 N–H and O–H groups in total. The molecule has 0 spiro atoms. The van der Waals surface area contributed by atoms with E-state index in [1.807, 2.05) is 58.8 Å². The van der Waals surface area contributed by atoms with Crippen molar-refractivity contribution >= 4 is 22.9 Å². The van der Waals surface area contributed by atoms with Crippen LogP contribution in [0, 0.1) is 0 Å². The molecule has 138 valence electrons. The average Bonchev–Trinajstić information content (AvgIpc) is 3.22. The van der Waals surface area contributed by atoms with Crippen LogP contribution in [0.15, 0.2) is 30.5 Å². The number of amides is 2. The summed E-state index contributed by atoms with van der Waals surface area (Å²) in [7, 11) is 1.97. The first-order valence-corrected chi connectivity index (χ1v) is 9.39. The molecule has 26 heavy (non-hydrogen) atoms. The van der Waals surface area contributed by atoms with Crippen LogP contribution >= 0.6 is 0 Å². The summed E-state index contributed by atoms with van der Waals surface area (Å²) in [6.45, 7) is 4.06. The van der Waals surface area contributed by atoms with E-state index in [9.17, 15) is 9.59 Å². The lowest BCUT2D eigenvalue weighted by Crippen LogP contribution is -2.47. The summed E-state index contributed by atoms with van der Waals surface area (Å²) < 4.78 is 7.38. The van der Waals surface area contributed by atoms with Gasteiger partial charge < -0.3 is 19.1 Å². The number of carbonyl (C=O) groups excluding carboxylic acids is 2. The third-order valence-corrected chi connectivity index (χ3v) is 5.68. The maximum atomic E-state index is 13.0. The average molecular weight is 355 g/mol. The molecule has 6 nitrogen and oxygen atoms in total. The molecule has 2 saturated heterocycles. The second-order valence-electron chi connectivity index (χ2n) is 7.26. The maximum absolute atomic E-state index is 13.0. The zero-order chi connectivity index (χ0) is 18.3. The van der Waals surface area contributed by atoms with Gasteiger partial charge in [0, 0.05) is 43.3 Å². The van der Waals surface area contributed by atoms with E-state index in [1.54, 1.807) is 0 Å². The summed E-state index contributed by atoms with van der Waals surface area (Å²) in [5, 5.41) is 0.996. The molecule has 0 bridgehead atoms. The van der Waals surface area contributed by atoms with E-state index in [2.05, 4.69) is 0 Å². The molecule has 3 heterocycles. The minimum Gasteiger partial charge on any atom is -0.444 e. The van der Waals surface area contributed by atoms with Crippen molar-refractivity contribution in [2.24, 2.45) is 7.05 Å². The first-order valence-electron chi connectivity index (χ1n) is 9.39. The number of ether oxygens (including phenoxy) is 1. The van der Waals surface area contributed by atoms with Gasteiger partial charge in [-0.2, -0.15) is 0 Å². The summed E-state index contributed by atoms with van der Waals surface area (Å²) in [6, 6.07) is 8.16. The summed E-state index contributed by atoms with van der Waals surface area (Å²) in [6.07, 6.45) is 4.20. The third-order valence-electron chi connectivity index (χ3n) is 5.68. The van der Waals surface area contributed by atoms with Gasteiger partial charge in [-0.3, -0.25) is 4.79 Å². The predicted molar refractivity (Wildman–Crippen MR) is 99.1 cm³/mol. The Hall–Kier alpha value is -2.50. The monoisotopic (exact) mass is 355 g/mol. The van der Waals surface area contributed by atoms with Gasteiger partial charge in [0.25, 0.3) is 5.91 Å². The van der Waals surface area contributed by atoms with E-state index in [1.165, 1.54) is 0 Å². The fourth-order valence-electron chi connectivity index (χ4n) is 4.12. The lowest BCUT2D eigenvalue weighted by atomic mass is 10.0. The molecule has 0 saturated carbocycles. The van der Waals surface area contributed by atoms with Crippen molar-refractivity contribution in [3.63, 3.8) is 0 Å². The van der Waals surface area contributed by atoms with Crippen molar-refractivity contribution in [3.8, 4) is 0 Å². The number of aryl methyl sites for hydroxylation is 1. The van der Waals surface area contributed by atoms with Gasteiger partial charge in [0.1, 0.15) is 6.10 Å². The van der Waals surface area contributed by atoms with E-state index in [0.29, 0.717) is 19.6 Å². The molecule has 0 aliphatic carbocycles. The van der Waals surface area contributed by atoms with Gasteiger partial charge >= 0.3 is 6.09 Å². The maximum Gasteiger partial charge on any atom is 0.410 e. The normalized spacial score (nSPS) is 21.5. The molecule has 2 fully saturated rings. The Bertz CT molecular complexity index is 836. The van der Waals surface area contributed by atoms with Gasteiger partial charge in [0.15, 0.2) is 0 Å². The van der Waals surface area contributed by atoms with Gasteiger partial charge in [-0.15, -0.1) is 0 Å². The second-order valence-corrected chi connectivity index (χ2v) is 7.26. The zero-order valence-electron chi connectivity index (χ0n) is 15.4. The molecule has 6 heteroatoms. The van der Waals surface area contributed by atoms with Crippen molar-refractivity contribution in [2.45, 2.75) is 38.3 Å². The highest BCUT2D eigenvalue weighted by Gasteiger charge is 2.37. The Morgan fingerprint density at radius 2 is 1.96 bits per heavy atom. The quantitative estimate of drug-likeness (QED) is 0.850. The van der Waals surface area contributed by atoms with E-state index < -0.39 is 0 Å². The van der Waals surface area contributed by atoms with Gasteiger partial charge in [0.05, 0.1) is 12.1 Å². The molecule has 2 aliphatic heterocycles. The number of carbonyl (C=O) groups is 2. The molecule has 1 aromatic carbocycles. The lowest BCUT2D eigenvalue weighted by molar-refractivity contribution is 0.0660. The molecule has 2 aromatic rings. The van der Waals surface area contributed by atoms with E-state index >= 15 is 0 Å². The van der Waals surface area contributed by atoms with E-state index in [4.69, 9.17) is 4.74 Å². The minimum absolute atomic E-state index is 0.0119. The molecular weight excluding hydrogens is 330 g/mol. The first kappa shape index (κ1) is 16.9. The Labute approximate surface area is 153 Å². The highest BCUT2D eigenvalue weighted by Crippen LogP contribution is 2.26. The summed E-state index contributed by atoms with van der Waals surface area (Å²) in [5.74, 6) is 0.0793. The zero-order valence-corrected chi connectivity index (χ0v) is 15.4. The van der Waals surface area contributed by atoms with Crippen molar-refractivity contribution in [3.05, 3.63) is 36.0 Å². The van der Waals surface area contributed by atoms with Crippen LogP contribution in [0.3, 0.4) is 0 Å². The second kappa shape index (κ2) is 6.67. The van der Waals surface area contributed by atoms with Crippen LogP contribution in [0.5, 0.6) is 0 Å². The minimum atomic E-state index is -0.198. The summed E-state index contributed by atoms with van der Waals surface area (Å²) >= 11 is 0. The standard InChI is InChI=1S/C20H25N3O3/c1-3-15-12-23(20(25)26-15)14-8-10-22(11-9-14)19(24)17-13-21(2)18-7-5-4-6-16(17)18/h4-7,13-15H,3,8-12H2,1-2H3. The first-order chi connectivity index (χ1) is 12.6. The Morgan fingerprint density at radius 3 is 2.65 bits per heavy atom. The number of cyclic esters (lactones) is 1. The number of likely N-dealkylation sites (tertiary alicyclic amines) is 1. The van der Waals surface area contributed by atoms with E-state index in [-0.39, 0.29) is 24.1 Å². The van der Waals surface area contributed by atoms with Crippen molar-refractivity contribution in [1.29, 1.82) is 0 Å². The number of aromatic nitrogens is 1. The van der Waals surface area contributed by atoms with Crippen LogP contribution in [-0.4, -0.2) is 58.1 Å². The number of para-hydroxylation sites is 1. The van der Waals surface area contributed by atoms with Crippen molar-refractivity contribution in [2.75, 3.05) is 19.6 Å². The van der Waals surface area contributed by atoms with Crippen LogP contribution in [0.1, 0.15) is 36.5 Å². The van der Waals surface area contributed by atoms with E-state index in [0.717, 1.165) is 35.7 Å². The number of piperidine rings is 1. The van der Waals surface area contributed by atoms with Crippen LogP contribution in [0.2, 0.25) is 0 Å². The van der Waals surface area contributed by atoms with Crippen molar-refractivity contribution in [1.82, 2.24) is 14.4 Å². The van der Waals surface area contributed by atoms with Crippen LogP contribution in [0.25, 0.3) is 10.9 Å². The number of benzene rings is 1. The predicted octanol–water partition coefficient (Wildman–Crippen LogP) is 3.01. The molecule has 0 radical (unpaired) electrons. The van der Waals surface area contributed by atoms with Gasteiger partial charge in [0.2, 0.25) is 0 Å². The molecule has 2 amide bonds. The molecule has 1 unspecified atom stereocenters. The highest BCUT2D eigenvalue weighted by atomic mass is 16.6. The summed E-state index contributed by atoms with van der Waals surface area (Å²) in [5.41, 5.74) is 1.82. The van der Waals surface area contributed by atoms with Crippen LogP contribution in [0.4, 0.5) is 4.79 Å². The molecule has 2 aliphatic rings. The number of hydrogen-bond donors (Lipinski definition) is 0. The third kappa shape index (κ3) is 2.83. The Balaban J connectivity index is 1.45. The molecule has 1 atom stereocenters. The Morgan fingerprint density at radius 1 is 1.23 bits per heavy atom. The number of rotatable bonds is 3. The largest absolute Gasteiger partial charge is 0.444 e. The lowest BCUT2D eigenvalue weighted by Gasteiger charge is -2.35. The summed E-state index contributed by atoms with van der Waals surface area (Å²) in [4.78, 5) is 28.8. The fourth-order valence-corrected chi connectivity index (χ4v) is 4.12. The topological polar surface area (TPSA) is 54.8 Å². The number of fused-ring (bicyclic) bond motifs is 1. The molecule has 1 aromatic heterocycles. The van der Waals surface area contributed by atoms with Crippen molar-refractivity contribution < 1.29 is 14.3 Å².